The van der Waals surface area contributed by atoms with Gasteiger partial charge in [0.05, 0.1) is 5.56 Å². The van der Waals surface area contributed by atoms with Gasteiger partial charge in [-0.3, -0.25) is 4.79 Å². The van der Waals surface area contributed by atoms with E-state index < -0.39 is 0 Å². The van der Waals surface area contributed by atoms with Gasteiger partial charge < -0.3 is 10.7 Å². The minimum Gasteiger partial charge on any atom is -0.366 e. The van der Waals surface area contributed by atoms with Crippen LogP contribution in [0.2, 0.25) is 0 Å². The fraction of sp³-hybridized carbons (Fsp3) is 0.545. The first-order valence-electron chi connectivity index (χ1n) is 5.18. The van der Waals surface area contributed by atoms with E-state index in [0.717, 1.165) is 5.69 Å². The molecule has 0 atom stereocenters. The molecule has 0 unspecified atom stereocenters. The summed E-state index contributed by atoms with van der Waals surface area (Å²) in [7, 11) is 0. The zero-order valence-electron chi connectivity index (χ0n) is 8.47. The number of aromatic amines is 1. The van der Waals surface area contributed by atoms with E-state index in [1.807, 2.05) is 13.0 Å². The highest BCUT2D eigenvalue weighted by atomic mass is 16.1. The summed E-state index contributed by atoms with van der Waals surface area (Å²) >= 11 is 0. The Morgan fingerprint density at radius 2 is 2.14 bits per heavy atom. The van der Waals surface area contributed by atoms with Crippen molar-refractivity contribution in [1.82, 2.24) is 4.98 Å². The van der Waals surface area contributed by atoms with Crippen LogP contribution in [0.25, 0.3) is 0 Å². The summed E-state index contributed by atoms with van der Waals surface area (Å²) in [6, 6.07) is 1.92. The topological polar surface area (TPSA) is 58.9 Å². The first kappa shape index (κ1) is 9.31. The van der Waals surface area contributed by atoms with E-state index in [1.165, 1.54) is 31.4 Å². The number of aromatic nitrogens is 1. The highest BCUT2D eigenvalue weighted by molar-refractivity contribution is 5.94. The van der Waals surface area contributed by atoms with Crippen LogP contribution in [0.3, 0.4) is 0 Å². The molecule has 3 heteroatoms. The Morgan fingerprint density at radius 1 is 1.50 bits per heavy atom. The summed E-state index contributed by atoms with van der Waals surface area (Å²) in [6.07, 6.45) is 5.07. The molecule has 1 aliphatic carbocycles. The molecule has 1 aromatic heterocycles. The molecule has 1 saturated carbocycles. The summed E-state index contributed by atoms with van der Waals surface area (Å²) in [5.41, 5.74) is 8.00. The lowest BCUT2D eigenvalue weighted by molar-refractivity contribution is 0.1000. The number of hydrogen-bond donors (Lipinski definition) is 2. The highest BCUT2D eigenvalue weighted by Crippen LogP contribution is 2.34. The van der Waals surface area contributed by atoms with Crippen LogP contribution in [0, 0.1) is 6.92 Å². The van der Waals surface area contributed by atoms with Gasteiger partial charge in [0.2, 0.25) is 0 Å². The summed E-state index contributed by atoms with van der Waals surface area (Å²) < 4.78 is 0. The molecular weight excluding hydrogens is 176 g/mol. The summed E-state index contributed by atoms with van der Waals surface area (Å²) in [4.78, 5) is 14.3. The SMILES string of the molecule is Cc1[nH]c(C2CCCC2)cc1C(N)=O. The Labute approximate surface area is 83.7 Å². The molecule has 2 rings (SSSR count). The zero-order chi connectivity index (χ0) is 10.1. The van der Waals surface area contributed by atoms with Gasteiger partial charge in [-0.05, 0) is 31.7 Å². The highest BCUT2D eigenvalue weighted by Gasteiger charge is 2.20. The second kappa shape index (κ2) is 3.48. The van der Waals surface area contributed by atoms with Crippen LogP contribution in [0.5, 0.6) is 0 Å². The number of nitrogens with one attached hydrogen (secondary N) is 1. The van der Waals surface area contributed by atoms with Crippen LogP contribution in [0.1, 0.15) is 53.3 Å². The summed E-state index contributed by atoms with van der Waals surface area (Å²) in [6.45, 7) is 1.90. The maximum absolute atomic E-state index is 11.1. The molecule has 1 amide bonds. The predicted octanol–water partition coefficient (Wildman–Crippen LogP) is 2.08. The molecule has 1 aromatic rings. The van der Waals surface area contributed by atoms with Crippen LogP contribution in [0.15, 0.2) is 6.07 Å². The van der Waals surface area contributed by atoms with Crippen molar-refractivity contribution >= 4 is 5.91 Å². The summed E-state index contributed by atoms with van der Waals surface area (Å²) in [5, 5.41) is 0. The van der Waals surface area contributed by atoms with Crippen molar-refractivity contribution in [1.29, 1.82) is 0 Å². The van der Waals surface area contributed by atoms with Crippen molar-refractivity contribution in [2.45, 2.75) is 38.5 Å². The lowest BCUT2D eigenvalue weighted by atomic mass is 10.0. The van der Waals surface area contributed by atoms with Crippen molar-refractivity contribution in [3.63, 3.8) is 0 Å². The van der Waals surface area contributed by atoms with Crippen molar-refractivity contribution in [2.24, 2.45) is 5.73 Å². The number of carbonyl (C=O) groups is 1. The van der Waals surface area contributed by atoms with Gasteiger partial charge in [0.1, 0.15) is 0 Å². The predicted molar refractivity (Wildman–Crippen MR) is 55.3 cm³/mol. The molecule has 3 nitrogen and oxygen atoms in total. The monoisotopic (exact) mass is 192 g/mol. The van der Waals surface area contributed by atoms with Gasteiger partial charge in [-0.25, -0.2) is 0 Å². The van der Waals surface area contributed by atoms with Crippen molar-refractivity contribution in [3.8, 4) is 0 Å². The fourth-order valence-electron chi connectivity index (χ4n) is 2.30. The van der Waals surface area contributed by atoms with Crippen molar-refractivity contribution < 1.29 is 4.79 Å². The average Bonchev–Trinajstić information content (AvgIpc) is 2.70. The molecule has 1 fully saturated rings. The van der Waals surface area contributed by atoms with Gasteiger partial charge in [-0.15, -0.1) is 0 Å². The van der Waals surface area contributed by atoms with Gasteiger partial charge in [0, 0.05) is 11.4 Å². The normalized spacial score (nSPS) is 17.5. The lowest BCUT2D eigenvalue weighted by Crippen LogP contribution is -2.10. The van der Waals surface area contributed by atoms with E-state index in [2.05, 4.69) is 4.98 Å². The molecule has 3 N–H and O–H groups in total. The second-order valence-corrected chi connectivity index (χ2v) is 4.11. The van der Waals surface area contributed by atoms with E-state index in [-0.39, 0.29) is 5.91 Å². The van der Waals surface area contributed by atoms with E-state index in [9.17, 15) is 4.79 Å². The number of hydrogen-bond acceptors (Lipinski definition) is 1. The second-order valence-electron chi connectivity index (χ2n) is 4.11. The van der Waals surface area contributed by atoms with Gasteiger partial charge >= 0.3 is 0 Å². The Morgan fingerprint density at radius 3 is 2.64 bits per heavy atom. The lowest BCUT2D eigenvalue weighted by Gasteiger charge is -2.04. The van der Waals surface area contributed by atoms with Gasteiger partial charge in [-0.1, -0.05) is 12.8 Å². The van der Waals surface area contributed by atoms with E-state index >= 15 is 0 Å². The number of rotatable bonds is 2. The average molecular weight is 192 g/mol. The third-order valence-corrected chi connectivity index (χ3v) is 3.10. The molecular formula is C11H16N2O. The number of primary amides is 1. The third kappa shape index (κ3) is 1.54. The van der Waals surface area contributed by atoms with Crippen LogP contribution in [0.4, 0.5) is 0 Å². The van der Waals surface area contributed by atoms with E-state index in [1.54, 1.807) is 0 Å². The third-order valence-electron chi connectivity index (χ3n) is 3.10. The minimum atomic E-state index is -0.331. The number of H-pyrrole nitrogens is 1. The number of aryl methyl sites for hydroxylation is 1. The zero-order valence-corrected chi connectivity index (χ0v) is 8.47. The van der Waals surface area contributed by atoms with Crippen LogP contribution in [-0.4, -0.2) is 10.9 Å². The molecule has 0 aromatic carbocycles. The Hall–Kier alpha value is -1.25. The molecule has 1 aliphatic rings. The quantitative estimate of drug-likeness (QED) is 0.740. The molecule has 14 heavy (non-hydrogen) atoms. The number of nitrogens with two attached hydrogens (primary N) is 1. The maximum Gasteiger partial charge on any atom is 0.250 e. The minimum absolute atomic E-state index is 0.331. The molecule has 76 valence electrons. The number of amides is 1. The smallest absolute Gasteiger partial charge is 0.250 e. The largest absolute Gasteiger partial charge is 0.366 e. The van der Waals surface area contributed by atoms with Crippen LogP contribution in [-0.2, 0) is 0 Å². The van der Waals surface area contributed by atoms with Crippen LogP contribution >= 0.6 is 0 Å². The van der Waals surface area contributed by atoms with Gasteiger partial charge in [0.25, 0.3) is 5.91 Å². The molecule has 0 bridgehead atoms. The fourth-order valence-corrected chi connectivity index (χ4v) is 2.30. The standard InChI is InChI=1S/C11H16N2O/c1-7-9(11(12)14)6-10(13-7)8-4-2-3-5-8/h6,8,13H,2-5H2,1H3,(H2,12,14). The molecule has 0 aliphatic heterocycles. The first-order chi connectivity index (χ1) is 6.68. The Bertz CT molecular complexity index is 348. The van der Waals surface area contributed by atoms with Crippen LogP contribution < -0.4 is 5.73 Å². The molecule has 0 radical (unpaired) electrons. The van der Waals surface area contributed by atoms with Crippen molar-refractivity contribution in [3.05, 3.63) is 23.0 Å². The number of carbonyl (C=O) groups excluding carboxylic acids is 1. The first-order valence-corrected chi connectivity index (χ1v) is 5.18. The van der Waals surface area contributed by atoms with E-state index in [0.29, 0.717) is 11.5 Å². The Kier molecular flexibility index (Phi) is 2.32. The van der Waals surface area contributed by atoms with Crippen molar-refractivity contribution in [2.75, 3.05) is 0 Å². The van der Waals surface area contributed by atoms with Gasteiger partial charge in [0.15, 0.2) is 0 Å². The molecule has 0 spiro atoms. The summed E-state index contributed by atoms with van der Waals surface area (Å²) in [5.74, 6) is 0.282. The molecule has 0 saturated heterocycles. The van der Waals surface area contributed by atoms with Gasteiger partial charge in [-0.2, -0.15) is 0 Å². The maximum atomic E-state index is 11.1. The molecule has 1 heterocycles. The van der Waals surface area contributed by atoms with E-state index in [4.69, 9.17) is 5.73 Å². The Balaban J connectivity index is 2.27.